The highest BCUT2D eigenvalue weighted by Crippen LogP contribution is 2.39. The summed E-state index contributed by atoms with van der Waals surface area (Å²) in [5, 5.41) is 10.6. The third kappa shape index (κ3) is 3.09. The Morgan fingerprint density at radius 2 is 2.29 bits per heavy atom. The van der Waals surface area contributed by atoms with Crippen LogP contribution in [0.2, 0.25) is 0 Å². The van der Waals surface area contributed by atoms with Crippen molar-refractivity contribution in [3.05, 3.63) is 38.7 Å². The summed E-state index contributed by atoms with van der Waals surface area (Å²) in [6.07, 6.45) is 2.12. The lowest BCUT2D eigenvalue weighted by Crippen LogP contribution is -2.16. The van der Waals surface area contributed by atoms with E-state index < -0.39 is 0 Å². The van der Waals surface area contributed by atoms with Gasteiger partial charge >= 0.3 is 5.69 Å². The van der Waals surface area contributed by atoms with Crippen LogP contribution in [0.15, 0.2) is 37.5 Å². The van der Waals surface area contributed by atoms with E-state index >= 15 is 0 Å². The quantitative estimate of drug-likeness (QED) is 0.850. The van der Waals surface area contributed by atoms with E-state index in [1.807, 2.05) is 7.05 Å². The van der Waals surface area contributed by atoms with Crippen LogP contribution in [0.3, 0.4) is 0 Å². The molecule has 1 unspecified atom stereocenters. The van der Waals surface area contributed by atoms with E-state index in [9.17, 15) is 4.79 Å². The molecule has 21 heavy (non-hydrogen) atoms. The number of aromatic nitrogens is 3. The van der Waals surface area contributed by atoms with Crippen LogP contribution < -0.4 is 11.0 Å². The zero-order valence-electron chi connectivity index (χ0n) is 11.9. The van der Waals surface area contributed by atoms with E-state index in [-0.39, 0.29) is 5.69 Å². The molecule has 1 saturated carbocycles. The average molecular weight is 369 g/mol. The van der Waals surface area contributed by atoms with Crippen molar-refractivity contribution in [3.63, 3.8) is 0 Å². The summed E-state index contributed by atoms with van der Waals surface area (Å²) in [6, 6.07) is 6.89. The van der Waals surface area contributed by atoms with Gasteiger partial charge in [-0.2, -0.15) is 0 Å². The lowest BCUT2D eigenvalue weighted by atomic mass is 10.1. The highest BCUT2D eigenvalue weighted by atomic mass is 79.9. The van der Waals surface area contributed by atoms with Gasteiger partial charge in [-0.3, -0.25) is 4.57 Å². The molecule has 1 aromatic carbocycles. The summed E-state index contributed by atoms with van der Waals surface area (Å²) in [6.45, 7) is 2.12. The molecule has 0 saturated heterocycles. The van der Waals surface area contributed by atoms with Gasteiger partial charge in [0.1, 0.15) is 0 Å². The van der Waals surface area contributed by atoms with Crippen LogP contribution >= 0.6 is 27.7 Å². The second-order valence-corrected chi connectivity index (χ2v) is 7.08. The van der Waals surface area contributed by atoms with E-state index in [4.69, 9.17) is 0 Å². The fraction of sp³-hybridized carbons (Fsp3) is 0.429. The molecule has 2 N–H and O–H groups in total. The first-order chi connectivity index (χ1) is 10.1. The van der Waals surface area contributed by atoms with Gasteiger partial charge in [-0.15, -0.1) is 5.10 Å². The Kier molecular flexibility index (Phi) is 4.24. The summed E-state index contributed by atoms with van der Waals surface area (Å²) in [5.41, 5.74) is 1.10. The first-order valence-corrected chi connectivity index (χ1v) is 8.52. The Hall–Kier alpha value is -1.05. The highest BCUT2D eigenvalue weighted by molar-refractivity contribution is 9.10. The van der Waals surface area contributed by atoms with Gasteiger partial charge in [-0.25, -0.2) is 9.89 Å². The van der Waals surface area contributed by atoms with Gasteiger partial charge in [0.15, 0.2) is 5.16 Å². The number of hydrogen-bond acceptors (Lipinski definition) is 4. The van der Waals surface area contributed by atoms with E-state index in [1.165, 1.54) is 17.3 Å². The molecule has 2 aromatic rings. The number of aromatic amines is 1. The summed E-state index contributed by atoms with van der Waals surface area (Å²) in [4.78, 5) is 12.8. The molecule has 1 atom stereocenters. The minimum absolute atomic E-state index is 0.114. The Balaban J connectivity index is 1.87. The summed E-state index contributed by atoms with van der Waals surface area (Å²) in [5.74, 6) is 0. The van der Waals surface area contributed by atoms with Crippen molar-refractivity contribution in [2.45, 2.75) is 41.9 Å². The maximum absolute atomic E-state index is 11.8. The lowest BCUT2D eigenvalue weighted by Gasteiger charge is -2.12. The molecule has 0 amide bonds. The molecule has 1 aliphatic rings. The Morgan fingerprint density at radius 3 is 2.90 bits per heavy atom. The smallest absolute Gasteiger partial charge is 0.313 e. The Morgan fingerprint density at radius 1 is 1.52 bits per heavy atom. The van der Waals surface area contributed by atoms with Crippen LogP contribution in [0.1, 0.15) is 37.4 Å². The van der Waals surface area contributed by atoms with Crippen LogP contribution in [0.25, 0.3) is 0 Å². The molecule has 7 heteroatoms. The van der Waals surface area contributed by atoms with Gasteiger partial charge in [-0.1, -0.05) is 6.07 Å². The first-order valence-electron chi connectivity index (χ1n) is 6.91. The van der Waals surface area contributed by atoms with E-state index in [0.717, 1.165) is 27.4 Å². The van der Waals surface area contributed by atoms with E-state index in [2.05, 4.69) is 56.6 Å². The van der Waals surface area contributed by atoms with Gasteiger partial charge in [-0.05, 0) is 72.2 Å². The van der Waals surface area contributed by atoms with Crippen molar-refractivity contribution in [2.24, 2.45) is 0 Å². The fourth-order valence-electron chi connectivity index (χ4n) is 2.15. The molecule has 0 bridgehead atoms. The molecular weight excluding hydrogens is 352 g/mol. The SMILES string of the molecule is CNC(C)c1ccc(Sc2n[nH]c(=O)n2C2CC2)c(Br)c1. The third-order valence-corrected chi connectivity index (χ3v) is 5.64. The largest absolute Gasteiger partial charge is 0.344 e. The second kappa shape index (κ2) is 5.98. The molecule has 3 rings (SSSR count). The van der Waals surface area contributed by atoms with Crippen molar-refractivity contribution in [1.29, 1.82) is 0 Å². The molecular formula is C14H17BrN4OS. The maximum Gasteiger partial charge on any atom is 0.344 e. The molecule has 1 fully saturated rings. The second-order valence-electron chi connectivity index (χ2n) is 5.21. The molecule has 0 spiro atoms. The molecule has 1 aromatic heterocycles. The van der Waals surface area contributed by atoms with Gasteiger partial charge in [0.25, 0.3) is 0 Å². The first kappa shape index (κ1) is 14.9. The van der Waals surface area contributed by atoms with Crippen molar-refractivity contribution < 1.29 is 0 Å². The van der Waals surface area contributed by atoms with Crippen molar-refractivity contribution in [3.8, 4) is 0 Å². The summed E-state index contributed by atoms with van der Waals surface area (Å²) in [7, 11) is 1.94. The predicted octanol–water partition coefficient (Wildman–Crippen LogP) is 3.10. The fourth-order valence-corrected chi connectivity index (χ4v) is 3.70. The molecule has 5 nitrogen and oxygen atoms in total. The molecule has 1 aliphatic carbocycles. The lowest BCUT2D eigenvalue weighted by molar-refractivity contribution is 0.642. The van der Waals surface area contributed by atoms with Crippen molar-refractivity contribution >= 4 is 27.7 Å². The third-order valence-electron chi connectivity index (χ3n) is 3.67. The van der Waals surface area contributed by atoms with Gasteiger partial charge in [0.2, 0.25) is 0 Å². The zero-order chi connectivity index (χ0) is 15.0. The van der Waals surface area contributed by atoms with E-state index in [1.54, 1.807) is 4.57 Å². The number of benzene rings is 1. The van der Waals surface area contributed by atoms with Crippen molar-refractivity contribution in [2.75, 3.05) is 7.05 Å². The topological polar surface area (TPSA) is 62.7 Å². The molecule has 0 aliphatic heterocycles. The Bertz CT molecular complexity index is 707. The molecule has 112 valence electrons. The number of H-pyrrole nitrogens is 1. The summed E-state index contributed by atoms with van der Waals surface area (Å²) >= 11 is 5.12. The Labute approximate surface area is 135 Å². The number of rotatable bonds is 5. The van der Waals surface area contributed by atoms with Gasteiger partial charge in [0.05, 0.1) is 0 Å². The zero-order valence-corrected chi connectivity index (χ0v) is 14.3. The van der Waals surface area contributed by atoms with Crippen LogP contribution in [0.5, 0.6) is 0 Å². The maximum atomic E-state index is 11.8. The van der Waals surface area contributed by atoms with Crippen molar-refractivity contribution in [1.82, 2.24) is 20.1 Å². The van der Waals surface area contributed by atoms with Crippen LogP contribution in [-0.2, 0) is 0 Å². The number of nitrogens with zero attached hydrogens (tertiary/aromatic N) is 2. The molecule has 1 heterocycles. The van der Waals surface area contributed by atoms with Gasteiger partial charge in [0, 0.05) is 21.5 Å². The average Bonchev–Trinajstić information content (AvgIpc) is 3.24. The van der Waals surface area contributed by atoms with Crippen LogP contribution in [-0.4, -0.2) is 21.8 Å². The van der Waals surface area contributed by atoms with E-state index in [0.29, 0.717) is 12.1 Å². The number of halogens is 1. The number of hydrogen-bond donors (Lipinski definition) is 2. The molecule has 0 radical (unpaired) electrons. The minimum Gasteiger partial charge on any atom is -0.313 e. The minimum atomic E-state index is -0.114. The normalized spacial score (nSPS) is 16.1. The summed E-state index contributed by atoms with van der Waals surface area (Å²) < 4.78 is 2.78. The van der Waals surface area contributed by atoms with Gasteiger partial charge < -0.3 is 5.32 Å². The number of nitrogens with one attached hydrogen (secondary N) is 2. The standard InChI is InChI=1S/C14H17BrN4OS/c1-8(16-2)9-3-6-12(11(15)7-9)21-14-18-17-13(20)19(14)10-4-5-10/h3,6-8,10,16H,4-5H2,1-2H3,(H,17,20). The van der Waals surface area contributed by atoms with Crippen LogP contribution in [0.4, 0.5) is 0 Å². The monoisotopic (exact) mass is 368 g/mol. The predicted molar refractivity (Wildman–Crippen MR) is 86.9 cm³/mol. The highest BCUT2D eigenvalue weighted by Gasteiger charge is 2.28. The van der Waals surface area contributed by atoms with Crippen LogP contribution in [0, 0.1) is 0 Å².